The van der Waals surface area contributed by atoms with Crippen LogP contribution in [0.3, 0.4) is 0 Å². The highest BCUT2D eigenvalue weighted by molar-refractivity contribution is 6.18. The first kappa shape index (κ1) is 29.9. The molecule has 0 spiro atoms. The summed E-state index contributed by atoms with van der Waals surface area (Å²) in [6, 6.07) is 60.9. The molecule has 0 saturated carbocycles. The van der Waals surface area contributed by atoms with Crippen molar-refractivity contribution < 1.29 is 13.3 Å². The summed E-state index contributed by atoms with van der Waals surface area (Å²) in [6.07, 6.45) is 0. The van der Waals surface area contributed by atoms with Crippen LogP contribution in [0.5, 0.6) is 0 Å². The predicted octanol–water partition coefficient (Wildman–Crippen LogP) is 13.9. The van der Waals surface area contributed by atoms with E-state index in [2.05, 4.69) is 131 Å². The van der Waals surface area contributed by atoms with E-state index in [1.165, 1.54) is 10.8 Å². The third kappa shape index (κ3) is 4.46. The number of benzene rings is 8. The van der Waals surface area contributed by atoms with Crippen molar-refractivity contribution in [2.24, 2.45) is 0 Å². The molecule has 0 aliphatic carbocycles. The number of para-hydroxylation sites is 4. The Morgan fingerprint density at radius 1 is 0.436 bits per heavy atom. The van der Waals surface area contributed by atoms with Gasteiger partial charge in [0.05, 0.1) is 27.8 Å². The molecule has 0 fully saturated rings. The van der Waals surface area contributed by atoms with Gasteiger partial charge < -0.3 is 22.7 Å². The SMILES string of the molecule is c1ccc(-c2nc3cc4c(cc3o2)oc2cc(N(c3cccc5oc6ccccc6c35)c3cccc5c6ccccc6n(-c6ccccc6)c35)ccc24)cc1. The zero-order valence-corrected chi connectivity index (χ0v) is 29.3. The summed E-state index contributed by atoms with van der Waals surface area (Å²) in [6.45, 7) is 0. The average Bonchev–Trinajstić information content (AvgIpc) is 4.01. The van der Waals surface area contributed by atoms with Gasteiger partial charge in [-0.2, -0.15) is 0 Å². The maximum Gasteiger partial charge on any atom is 0.227 e. The molecule has 0 aliphatic rings. The Balaban J connectivity index is 1.14. The first-order chi connectivity index (χ1) is 27.3. The number of nitrogens with zero attached hydrogens (tertiary/aromatic N) is 3. The highest BCUT2D eigenvalue weighted by Gasteiger charge is 2.25. The molecular weight excluding hydrogens is 679 g/mol. The summed E-state index contributed by atoms with van der Waals surface area (Å²) in [4.78, 5) is 7.20. The molecular formula is C49H29N3O3. The quantitative estimate of drug-likeness (QED) is 0.178. The highest BCUT2D eigenvalue weighted by atomic mass is 16.4. The van der Waals surface area contributed by atoms with Gasteiger partial charge in [0.1, 0.15) is 27.8 Å². The Morgan fingerprint density at radius 2 is 1.13 bits per heavy atom. The lowest BCUT2D eigenvalue weighted by Crippen LogP contribution is -2.12. The lowest BCUT2D eigenvalue weighted by molar-refractivity contribution is 0.617. The second-order valence-electron chi connectivity index (χ2n) is 13.9. The van der Waals surface area contributed by atoms with E-state index >= 15 is 0 Å². The number of aromatic nitrogens is 2. The molecule has 12 aromatic rings. The summed E-state index contributed by atoms with van der Waals surface area (Å²) in [5.41, 5.74) is 11.9. The highest BCUT2D eigenvalue weighted by Crippen LogP contribution is 2.48. The van der Waals surface area contributed by atoms with E-state index in [-0.39, 0.29) is 0 Å². The molecule has 0 amide bonds. The molecule has 0 saturated heterocycles. The number of hydrogen-bond donors (Lipinski definition) is 0. The molecule has 8 aromatic carbocycles. The third-order valence-corrected chi connectivity index (χ3v) is 10.8. The van der Waals surface area contributed by atoms with E-state index in [1.54, 1.807) is 0 Å². The minimum Gasteiger partial charge on any atom is -0.456 e. The number of furan rings is 2. The Bertz CT molecular complexity index is 3440. The van der Waals surface area contributed by atoms with Crippen LogP contribution < -0.4 is 4.90 Å². The third-order valence-electron chi connectivity index (χ3n) is 10.8. The van der Waals surface area contributed by atoms with Crippen molar-refractivity contribution in [1.29, 1.82) is 0 Å². The molecule has 4 heterocycles. The topological polar surface area (TPSA) is 60.5 Å². The van der Waals surface area contributed by atoms with Gasteiger partial charge in [0.15, 0.2) is 5.58 Å². The largest absolute Gasteiger partial charge is 0.456 e. The van der Waals surface area contributed by atoms with Crippen LogP contribution in [-0.2, 0) is 0 Å². The number of hydrogen-bond acceptors (Lipinski definition) is 5. The van der Waals surface area contributed by atoms with Crippen molar-refractivity contribution in [2.75, 3.05) is 4.90 Å². The lowest BCUT2D eigenvalue weighted by atomic mass is 10.1. The van der Waals surface area contributed by atoms with E-state index in [9.17, 15) is 0 Å². The Hall–Kier alpha value is -7.57. The molecule has 0 bridgehead atoms. The summed E-state index contributed by atoms with van der Waals surface area (Å²) in [7, 11) is 0. The number of rotatable bonds is 5. The van der Waals surface area contributed by atoms with E-state index in [0.29, 0.717) is 11.5 Å². The van der Waals surface area contributed by atoms with Gasteiger partial charge in [0, 0.05) is 56.0 Å². The maximum atomic E-state index is 6.67. The number of fused-ring (bicyclic) bond motifs is 10. The second kappa shape index (κ2) is 11.5. The average molecular weight is 708 g/mol. The van der Waals surface area contributed by atoms with Crippen molar-refractivity contribution in [3.05, 3.63) is 176 Å². The summed E-state index contributed by atoms with van der Waals surface area (Å²) < 4.78 is 21.7. The Labute approximate surface area is 313 Å². The Kier molecular flexibility index (Phi) is 6.24. The molecule has 12 rings (SSSR count). The molecule has 6 nitrogen and oxygen atoms in total. The van der Waals surface area contributed by atoms with Crippen LogP contribution in [-0.4, -0.2) is 9.55 Å². The summed E-state index contributed by atoms with van der Waals surface area (Å²) in [5, 5.41) is 6.46. The van der Waals surface area contributed by atoms with Crippen LogP contribution >= 0.6 is 0 Å². The Morgan fingerprint density at radius 3 is 2.02 bits per heavy atom. The molecule has 0 aliphatic heterocycles. The smallest absolute Gasteiger partial charge is 0.227 e. The van der Waals surface area contributed by atoms with Gasteiger partial charge in [-0.05, 0) is 72.8 Å². The van der Waals surface area contributed by atoms with Gasteiger partial charge in [0.25, 0.3) is 0 Å². The molecule has 6 heteroatoms. The van der Waals surface area contributed by atoms with Gasteiger partial charge in [-0.3, -0.25) is 0 Å². The standard InChI is InChI=1S/C49H29N3O3/c1-3-13-30(14-4-1)49-50-38-28-37-34-26-25-32(27-44(34)54-45(37)29-46(38)55-49)51(40-21-12-24-43-47(40)36-18-8-10-23-42(36)53-43)41-22-11-19-35-33-17-7-9-20-39(33)52(48(35)41)31-15-5-2-6-16-31/h1-29H. The van der Waals surface area contributed by atoms with E-state index < -0.39 is 0 Å². The van der Waals surface area contributed by atoms with Crippen LogP contribution in [0.4, 0.5) is 17.1 Å². The van der Waals surface area contributed by atoms with Crippen LogP contribution in [0.2, 0.25) is 0 Å². The van der Waals surface area contributed by atoms with Gasteiger partial charge in [-0.1, -0.05) is 91.0 Å². The fourth-order valence-electron chi connectivity index (χ4n) is 8.41. The fourth-order valence-corrected chi connectivity index (χ4v) is 8.41. The lowest BCUT2D eigenvalue weighted by Gasteiger charge is -2.27. The minimum atomic E-state index is 0.591. The van der Waals surface area contributed by atoms with Crippen molar-refractivity contribution in [3.8, 4) is 17.1 Å². The molecule has 4 aromatic heterocycles. The zero-order chi connectivity index (χ0) is 36.0. The van der Waals surface area contributed by atoms with Crippen LogP contribution in [0.15, 0.2) is 189 Å². The van der Waals surface area contributed by atoms with Gasteiger partial charge >= 0.3 is 0 Å². The molecule has 0 unspecified atom stereocenters. The molecule has 55 heavy (non-hydrogen) atoms. The van der Waals surface area contributed by atoms with E-state index in [4.69, 9.17) is 18.2 Å². The van der Waals surface area contributed by atoms with Crippen molar-refractivity contribution in [3.63, 3.8) is 0 Å². The normalized spacial score (nSPS) is 12.0. The summed E-state index contributed by atoms with van der Waals surface area (Å²) >= 11 is 0. The first-order valence-electron chi connectivity index (χ1n) is 18.4. The van der Waals surface area contributed by atoms with Crippen molar-refractivity contribution in [2.45, 2.75) is 0 Å². The van der Waals surface area contributed by atoms with E-state index in [0.717, 1.165) is 88.7 Å². The van der Waals surface area contributed by atoms with E-state index in [1.807, 2.05) is 54.6 Å². The second-order valence-corrected chi connectivity index (χ2v) is 13.9. The minimum absolute atomic E-state index is 0.591. The fraction of sp³-hybridized carbons (Fsp3) is 0. The summed E-state index contributed by atoms with van der Waals surface area (Å²) in [5.74, 6) is 0.591. The van der Waals surface area contributed by atoms with Crippen molar-refractivity contribution >= 4 is 93.8 Å². The van der Waals surface area contributed by atoms with Gasteiger partial charge in [0.2, 0.25) is 5.89 Å². The van der Waals surface area contributed by atoms with Crippen LogP contribution in [0.1, 0.15) is 0 Å². The van der Waals surface area contributed by atoms with Crippen LogP contribution in [0.25, 0.3) is 93.9 Å². The number of anilines is 3. The zero-order valence-electron chi connectivity index (χ0n) is 29.3. The van der Waals surface area contributed by atoms with Crippen LogP contribution in [0, 0.1) is 0 Å². The molecule has 258 valence electrons. The molecule has 0 radical (unpaired) electrons. The van der Waals surface area contributed by atoms with Gasteiger partial charge in [-0.25, -0.2) is 4.98 Å². The maximum absolute atomic E-state index is 6.67. The number of oxazole rings is 1. The molecule has 0 N–H and O–H groups in total. The van der Waals surface area contributed by atoms with Gasteiger partial charge in [-0.15, -0.1) is 0 Å². The van der Waals surface area contributed by atoms with Crippen molar-refractivity contribution in [1.82, 2.24) is 9.55 Å². The monoisotopic (exact) mass is 707 g/mol. The molecule has 0 atom stereocenters. The first-order valence-corrected chi connectivity index (χ1v) is 18.4. The predicted molar refractivity (Wildman–Crippen MR) is 223 cm³/mol.